The van der Waals surface area contributed by atoms with Crippen LogP contribution < -0.4 is 5.32 Å². The van der Waals surface area contributed by atoms with E-state index in [0.717, 1.165) is 24.3 Å². The Kier molecular flexibility index (Phi) is 9.54. The van der Waals surface area contributed by atoms with Crippen LogP contribution in [-0.2, 0) is 4.79 Å². The predicted molar refractivity (Wildman–Crippen MR) is 84.5 cm³/mol. The van der Waals surface area contributed by atoms with Crippen molar-refractivity contribution in [3.8, 4) is 0 Å². The third kappa shape index (κ3) is 6.66. The van der Waals surface area contributed by atoms with E-state index in [1.807, 2.05) is 25.6 Å². The number of carbonyl (C=O) groups is 1. The average molecular weight is 289 g/mol. The second-order valence-electron chi connectivity index (χ2n) is 5.77. The summed E-state index contributed by atoms with van der Waals surface area (Å²) >= 11 is 1.89. The zero-order chi connectivity index (χ0) is 14.9. The molecular formula is C15H31NO2S. The molecule has 3 nitrogen and oxygen atoms in total. The number of carbonyl (C=O) groups excluding carboxylic acids is 1. The minimum Gasteiger partial charge on any atom is -0.396 e. The van der Waals surface area contributed by atoms with Crippen LogP contribution >= 0.6 is 11.8 Å². The van der Waals surface area contributed by atoms with Crippen molar-refractivity contribution in [1.82, 2.24) is 5.32 Å². The van der Waals surface area contributed by atoms with Gasteiger partial charge in [-0.3, -0.25) is 4.79 Å². The van der Waals surface area contributed by atoms with Crippen LogP contribution in [0, 0.1) is 11.3 Å². The van der Waals surface area contributed by atoms with Crippen LogP contribution in [0.4, 0.5) is 0 Å². The van der Waals surface area contributed by atoms with Crippen molar-refractivity contribution in [2.75, 3.05) is 18.1 Å². The summed E-state index contributed by atoms with van der Waals surface area (Å²) in [5.74, 6) is 2.87. The number of nitrogens with one attached hydrogen (secondary N) is 1. The van der Waals surface area contributed by atoms with Crippen molar-refractivity contribution in [3.05, 3.63) is 0 Å². The van der Waals surface area contributed by atoms with Crippen molar-refractivity contribution >= 4 is 17.7 Å². The van der Waals surface area contributed by atoms with Crippen LogP contribution in [0.15, 0.2) is 0 Å². The molecular weight excluding hydrogens is 258 g/mol. The van der Waals surface area contributed by atoms with Gasteiger partial charge in [-0.15, -0.1) is 0 Å². The smallest absolute Gasteiger partial charge is 0.226 e. The minimum absolute atomic E-state index is 0.0750. The summed E-state index contributed by atoms with van der Waals surface area (Å²) in [6.45, 7) is 10.6. The molecule has 0 aliphatic carbocycles. The summed E-state index contributed by atoms with van der Waals surface area (Å²) in [5.41, 5.74) is -0.397. The summed E-state index contributed by atoms with van der Waals surface area (Å²) in [6.07, 6.45) is 2.11. The van der Waals surface area contributed by atoms with Gasteiger partial charge in [0.25, 0.3) is 0 Å². The second kappa shape index (κ2) is 9.65. The van der Waals surface area contributed by atoms with Gasteiger partial charge in [-0.2, -0.15) is 11.8 Å². The van der Waals surface area contributed by atoms with E-state index in [2.05, 4.69) is 26.1 Å². The standard InChI is InChI=1S/C15H31NO2S/c1-6-15(7-2,8-9-17)14(18)16-13(5)11-19-10-12(3)4/h12-13,17H,6-11H2,1-5H3,(H,16,18)/t13-/m1/s1. The first kappa shape index (κ1) is 18.8. The molecule has 0 saturated heterocycles. The molecule has 0 aromatic heterocycles. The van der Waals surface area contributed by atoms with Crippen molar-refractivity contribution in [3.63, 3.8) is 0 Å². The van der Waals surface area contributed by atoms with Gasteiger partial charge in [-0.05, 0) is 37.9 Å². The largest absolute Gasteiger partial charge is 0.396 e. The number of aliphatic hydroxyl groups excluding tert-OH is 1. The minimum atomic E-state index is -0.397. The van der Waals surface area contributed by atoms with E-state index in [9.17, 15) is 4.79 Å². The first-order chi connectivity index (χ1) is 8.91. The van der Waals surface area contributed by atoms with Crippen molar-refractivity contribution in [2.45, 2.75) is 59.9 Å². The Bertz CT molecular complexity index is 253. The normalized spacial score (nSPS) is 13.6. The third-order valence-corrected chi connectivity index (χ3v) is 5.26. The van der Waals surface area contributed by atoms with Crippen LogP contribution in [-0.4, -0.2) is 35.2 Å². The summed E-state index contributed by atoms with van der Waals surface area (Å²) in [4.78, 5) is 12.4. The van der Waals surface area contributed by atoms with Gasteiger partial charge < -0.3 is 10.4 Å². The summed E-state index contributed by atoms with van der Waals surface area (Å²) in [5, 5.41) is 12.3. The molecule has 0 aromatic carbocycles. The Morgan fingerprint density at radius 1 is 1.21 bits per heavy atom. The van der Waals surface area contributed by atoms with Gasteiger partial charge in [0.15, 0.2) is 0 Å². The summed E-state index contributed by atoms with van der Waals surface area (Å²) < 4.78 is 0. The van der Waals surface area contributed by atoms with Crippen LogP contribution in [0.2, 0.25) is 0 Å². The van der Waals surface area contributed by atoms with E-state index >= 15 is 0 Å². The number of hydrogen-bond acceptors (Lipinski definition) is 3. The molecule has 114 valence electrons. The van der Waals surface area contributed by atoms with Crippen LogP contribution in [0.3, 0.4) is 0 Å². The molecule has 0 aliphatic rings. The molecule has 0 heterocycles. The highest BCUT2D eigenvalue weighted by Gasteiger charge is 2.34. The fourth-order valence-corrected chi connectivity index (χ4v) is 3.20. The number of aliphatic hydroxyl groups is 1. The highest BCUT2D eigenvalue weighted by Crippen LogP contribution is 2.30. The van der Waals surface area contributed by atoms with E-state index in [1.165, 1.54) is 0 Å². The van der Waals surface area contributed by atoms with Crippen LogP contribution in [0.5, 0.6) is 0 Å². The summed E-state index contributed by atoms with van der Waals surface area (Å²) in [6, 6.07) is 0.187. The van der Waals surface area contributed by atoms with Crippen molar-refractivity contribution in [2.24, 2.45) is 11.3 Å². The molecule has 4 heteroatoms. The molecule has 0 radical (unpaired) electrons. The molecule has 19 heavy (non-hydrogen) atoms. The second-order valence-corrected chi connectivity index (χ2v) is 6.84. The zero-order valence-corrected chi connectivity index (χ0v) is 14.0. The first-order valence-corrected chi connectivity index (χ1v) is 8.56. The molecule has 0 aromatic rings. The molecule has 0 aliphatic heterocycles. The maximum Gasteiger partial charge on any atom is 0.226 e. The zero-order valence-electron chi connectivity index (χ0n) is 13.2. The molecule has 0 rings (SSSR count). The highest BCUT2D eigenvalue weighted by molar-refractivity contribution is 7.99. The van der Waals surface area contributed by atoms with Crippen LogP contribution in [0.1, 0.15) is 53.9 Å². The Balaban J connectivity index is 4.31. The van der Waals surface area contributed by atoms with E-state index in [4.69, 9.17) is 5.11 Å². The molecule has 1 atom stereocenters. The Hall–Kier alpha value is -0.220. The lowest BCUT2D eigenvalue weighted by Gasteiger charge is -2.31. The molecule has 2 N–H and O–H groups in total. The maximum atomic E-state index is 12.4. The first-order valence-electron chi connectivity index (χ1n) is 7.41. The van der Waals surface area contributed by atoms with Gasteiger partial charge in [0.2, 0.25) is 5.91 Å². The van der Waals surface area contributed by atoms with Gasteiger partial charge in [-0.25, -0.2) is 0 Å². The Labute approximate surface area is 122 Å². The molecule has 1 amide bonds. The van der Waals surface area contributed by atoms with Crippen molar-refractivity contribution in [1.29, 1.82) is 0 Å². The lowest BCUT2D eigenvalue weighted by Crippen LogP contribution is -2.45. The molecule has 0 unspecified atom stereocenters. The Morgan fingerprint density at radius 3 is 2.21 bits per heavy atom. The highest BCUT2D eigenvalue weighted by atomic mass is 32.2. The van der Waals surface area contributed by atoms with Crippen LogP contribution in [0.25, 0.3) is 0 Å². The topological polar surface area (TPSA) is 49.3 Å². The molecule has 0 saturated carbocycles. The van der Waals surface area contributed by atoms with E-state index < -0.39 is 5.41 Å². The van der Waals surface area contributed by atoms with Gasteiger partial charge in [0.05, 0.1) is 5.41 Å². The van der Waals surface area contributed by atoms with Crippen molar-refractivity contribution < 1.29 is 9.90 Å². The van der Waals surface area contributed by atoms with Gasteiger partial charge in [-0.1, -0.05) is 27.7 Å². The lowest BCUT2D eigenvalue weighted by molar-refractivity contribution is -0.133. The summed E-state index contributed by atoms with van der Waals surface area (Å²) in [7, 11) is 0. The van der Waals surface area contributed by atoms with E-state index in [-0.39, 0.29) is 18.6 Å². The Morgan fingerprint density at radius 2 is 1.79 bits per heavy atom. The number of thioether (sulfide) groups is 1. The number of rotatable bonds is 10. The van der Waals surface area contributed by atoms with Gasteiger partial charge >= 0.3 is 0 Å². The predicted octanol–water partition coefficient (Wildman–Crippen LogP) is 3.07. The molecule has 0 bridgehead atoms. The van der Waals surface area contributed by atoms with E-state index in [1.54, 1.807) is 0 Å². The molecule has 0 fully saturated rings. The maximum absolute atomic E-state index is 12.4. The third-order valence-electron chi connectivity index (χ3n) is 3.62. The average Bonchev–Trinajstić information content (AvgIpc) is 2.35. The van der Waals surface area contributed by atoms with Gasteiger partial charge in [0, 0.05) is 18.4 Å². The lowest BCUT2D eigenvalue weighted by atomic mass is 9.78. The fourth-order valence-electron chi connectivity index (χ4n) is 2.15. The fraction of sp³-hybridized carbons (Fsp3) is 0.933. The van der Waals surface area contributed by atoms with E-state index in [0.29, 0.717) is 12.3 Å². The quantitative estimate of drug-likeness (QED) is 0.650. The number of amides is 1. The number of hydrogen-bond donors (Lipinski definition) is 2. The van der Waals surface area contributed by atoms with Gasteiger partial charge in [0.1, 0.15) is 0 Å². The monoisotopic (exact) mass is 289 g/mol. The molecule has 0 spiro atoms. The SMILES string of the molecule is CCC(CC)(CCO)C(=O)N[C@H](C)CSCC(C)C.